The van der Waals surface area contributed by atoms with Gasteiger partial charge in [0.05, 0.1) is 5.56 Å². The lowest BCUT2D eigenvalue weighted by atomic mass is 10.2. The first-order valence-electron chi connectivity index (χ1n) is 8.05. The zero-order valence-corrected chi connectivity index (χ0v) is 15.2. The molecule has 0 nitrogen and oxygen atoms in total. The molecule has 0 unspecified atom stereocenters. The fraction of sp³-hybridized carbons (Fsp3) is 0.143. The lowest BCUT2D eigenvalue weighted by Gasteiger charge is -2.32. The number of hydrogen-bond acceptors (Lipinski definition) is 0. The molecule has 0 saturated carbocycles. The van der Waals surface area contributed by atoms with Crippen molar-refractivity contribution in [1.82, 2.24) is 0 Å². The predicted octanol–water partition coefficient (Wildman–Crippen LogP) is 7.49. The van der Waals surface area contributed by atoms with Crippen molar-refractivity contribution in [1.29, 1.82) is 0 Å². The highest BCUT2D eigenvalue weighted by Gasteiger charge is 2.35. The molecule has 0 N–H and O–H groups in total. The van der Waals surface area contributed by atoms with Crippen molar-refractivity contribution in [3.05, 3.63) is 89.5 Å². The van der Waals surface area contributed by atoms with Gasteiger partial charge in [-0.3, -0.25) is 0 Å². The second-order valence-electron chi connectivity index (χ2n) is 6.19. The molecule has 0 spiro atoms. The van der Waals surface area contributed by atoms with Crippen molar-refractivity contribution < 1.29 is 17.1 Å². The molecule has 0 amide bonds. The van der Waals surface area contributed by atoms with Crippen molar-refractivity contribution in [2.24, 2.45) is 0 Å². The van der Waals surface area contributed by atoms with E-state index in [0.29, 0.717) is 9.79 Å². The Hall–Kier alpha value is -2.27. The van der Waals surface area contributed by atoms with E-state index in [2.05, 4.69) is 0 Å². The van der Waals surface area contributed by atoms with Crippen LogP contribution in [0.2, 0.25) is 0 Å². The molecule has 0 aromatic heterocycles. The average Bonchev–Trinajstić information content (AvgIpc) is 2.62. The first-order valence-corrected chi connectivity index (χ1v) is 9.58. The molecule has 3 aromatic carbocycles. The van der Waals surface area contributed by atoms with Gasteiger partial charge in [0, 0.05) is 14.7 Å². The molecular formula is C21H18F4S. The maximum absolute atomic E-state index is 16.5. The molecule has 3 aromatic rings. The highest BCUT2D eigenvalue weighted by atomic mass is 32.3. The standard InChI is InChI=1S/C21H18F4S/c1-15-6-10-18(11-7-15)26(25,19-12-8-16(2)9-13-19)20-5-3-4-17(14-20)21(22,23)24/h3-14H,1-2H3. The maximum Gasteiger partial charge on any atom is 0.416 e. The summed E-state index contributed by atoms with van der Waals surface area (Å²) < 4.78 is 56.0. The Morgan fingerprint density at radius 1 is 0.654 bits per heavy atom. The fourth-order valence-corrected chi connectivity index (χ4v) is 5.10. The molecule has 0 aliphatic rings. The Kier molecular flexibility index (Phi) is 4.84. The number of hydrogen-bond donors (Lipinski definition) is 0. The van der Waals surface area contributed by atoms with Crippen molar-refractivity contribution in [3.8, 4) is 0 Å². The third kappa shape index (κ3) is 3.49. The zero-order valence-electron chi connectivity index (χ0n) is 14.3. The van der Waals surface area contributed by atoms with Crippen LogP contribution in [0.5, 0.6) is 0 Å². The van der Waals surface area contributed by atoms with Crippen molar-refractivity contribution in [2.75, 3.05) is 0 Å². The van der Waals surface area contributed by atoms with E-state index < -0.39 is 22.2 Å². The largest absolute Gasteiger partial charge is 0.416 e. The second-order valence-corrected chi connectivity index (χ2v) is 8.68. The maximum atomic E-state index is 16.5. The minimum atomic E-state index is -4.52. The van der Waals surface area contributed by atoms with Crippen LogP contribution in [0.15, 0.2) is 87.5 Å². The first-order chi connectivity index (χ1) is 12.2. The van der Waals surface area contributed by atoms with Crippen molar-refractivity contribution in [2.45, 2.75) is 34.7 Å². The third-order valence-corrected chi connectivity index (χ3v) is 6.92. The number of rotatable bonds is 3. The molecule has 0 radical (unpaired) electrons. The minimum Gasteiger partial charge on any atom is -0.175 e. The summed E-state index contributed by atoms with van der Waals surface area (Å²) in [5, 5.41) is 0. The van der Waals surface area contributed by atoms with E-state index in [4.69, 9.17) is 0 Å². The summed E-state index contributed by atoms with van der Waals surface area (Å²) in [5.41, 5.74) is 1.08. The van der Waals surface area contributed by atoms with E-state index in [1.54, 1.807) is 48.5 Å². The Balaban J connectivity index is 2.24. The van der Waals surface area contributed by atoms with E-state index in [1.807, 2.05) is 13.8 Å². The van der Waals surface area contributed by atoms with Gasteiger partial charge in [0.25, 0.3) is 0 Å². The smallest absolute Gasteiger partial charge is 0.175 e. The summed E-state index contributed by atoms with van der Waals surface area (Å²) >= 11 is 0. The molecule has 0 aliphatic carbocycles. The summed E-state index contributed by atoms with van der Waals surface area (Å²) in [6.07, 6.45) is -4.52. The summed E-state index contributed by atoms with van der Waals surface area (Å²) in [5.74, 6) is 0. The molecule has 0 heterocycles. The van der Waals surface area contributed by atoms with Gasteiger partial charge in [0.15, 0.2) is 0 Å². The Labute approximate surface area is 152 Å². The van der Waals surface area contributed by atoms with Gasteiger partial charge >= 0.3 is 6.18 Å². The quantitative estimate of drug-likeness (QED) is 0.414. The monoisotopic (exact) mass is 378 g/mol. The van der Waals surface area contributed by atoms with E-state index in [-0.39, 0.29) is 4.90 Å². The minimum absolute atomic E-state index is 0.0417. The summed E-state index contributed by atoms with van der Waals surface area (Å²) in [6.45, 7) is 3.77. The summed E-state index contributed by atoms with van der Waals surface area (Å²) in [6, 6.07) is 18.3. The molecule has 0 fully saturated rings. The molecule has 0 bridgehead atoms. The highest BCUT2D eigenvalue weighted by Crippen LogP contribution is 2.69. The van der Waals surface area contributed by atoms with Gasteiger partial charge in [0.1, 0.15) is 0 Å². The van der Waals surface area contributed by atoms with Crippen LogP contribution in [0.4, 0.5) is 17.1 Å². The molecular weight excluding hydrogens is 360 g/mol. The Morgan fingerprint density at radius 3 is 1.54 bits per heavy atom. The van der Waals surface area contributed by atoms with E-state index in [9.17, 15) is 13.2 Å². The second kappa shape index (κ2) is 6.80. The SMILES string of the molecule is Cc1ccc(S(F)(c2ccc(C)cc2)c2cccc(C(F)(F)F)c2)cc1. The van der Waals surface area contributed by atoms with E-state index in [0.717, 1.165) is 23.3 Å². The van der Waals surface area contributed by atoms with Crippen LogP contribution in [0.3, 0.4) is 0 Å². The van der Waals surface area contributed by atoms with Crippen LogP contribution in [0.1, 0.15) is 16.7 Å². The average molecular weight is 378 g/mol. The van der Waals surface area contributed by atoms with Gasteiger partial charge in [-0.1, -0.05) is 41.5 Å². The lowest BCUT2D eigenvalue weighted by Crippen LogP contribution is -2.06. The molecule has 0 atom stereocenters. The van der Waals surface area contributed by atoms with Crippen LogP contribution < -0.4 is 0 Å². The third-order valence-electron chi connectivity index (χ3n) is 4.18. The van der Waals surface area contributed by atoms with Gasteiger partial charge < -0.3 is 0 Å². The van der Waals surface area contributed by atoms with Crippen molar-refractivity contribution in [3.63, 3.8) is 0 Å². The van der Waals surface area contributed by atoms with Crippen molar-refractivity contribution >= 4 is 10.4 Å². The molecule has 5 heteroatoms. The van der Waals surface area contributed by atoms with Crippen LogP contribution in [-0.4, -0.2) is 0 Å². The van der Waals surface area contributed by atoms with Gasteiger partial charge in [-0.25, -0.2) is 0 Å². The lowest BCUT2D eigenvalue weighted by molar-refractivity contribution is -0.137. The zero-order chi connectivity index (χ0) is 18.9. The Bertz CT molecular complexity index is 851. The molecule has 3 rings (SSSR count). The number of alkyl halides is 3. The number of aryl methyl sites for hydroxylation is 2. The highest BCUT2D eigenvalue weighted by molar-refractivity contribution is 8.29. The fourth-order valence-electron chi connectivity index (χ4n) is 2.71. The van der Waals surface area contributed by atoms with Crippen LogP contribution in [-0.2, 0) is 6.18 Å². The predicted molar refractivity (Wildman–Crippen MR) is 97.3 cm³/mol. The summed E-state index contributed by atoms with van der Waals surface area (Å²) in [7, 11) is -3.29. The number of benzene rings is 3. The van der Waals surface area contributed by atoms with E-state index in [1.165, 1.54) is 12.1 Å². The van der Waals surface area contributed by atoms with E-state index >= 15 is 3.89 Å². The van der Waals surface area contributed by atoms with Gasteiger partial charge in [0.2, 0.25) is 0 Å². The van der Waals surface area contributed by atoms with Gasteiger partial charge in [-0.05, 0) is 66.7 Å². The summed E-state index contributed by atoms with van der Waals surface area (Å²) in [4.78, 5) is 0.803. The molecule has 0 saturated heterocycles. The normalized spacial score (nSPS) is 12.8. The molecule has 0 aliphatic heterocycles. The molecule has 136 valence electrons. The van der Waals surface area contributed by atoms with Gasteiger partial charge in [-0.15, -0.1) is 0 Å². The number of halogens is 4. The molecule has 26 heavy (non-hydrogen) atoms. The first kappa shape index (κ1) is 18.5. The van der Waals surface area contributed by atoms with Crippen LogP contribution in [0.25, 0.3) is 0 Å². The topological polar surface area (TPSA) is 0 Å². The van der Waals surface area contributed by atoms with Crippen LogP contribution in [0, 0.1) is 13.8 Å². The van der Waals surface area contributed by atoms with Gasteiger partial charge in [-0.2, -0.15) is 17.1 Å². The Morgan fingerprint density at radius 2 is 1.12 bits per heavy atom. The van der Waals surface area contributed by atoms with Crippen LogP contribution >= 0.6 is 10.4 Å².